The maximum absolute atomic E-state index is 13.5. The molecule has 4 aromatic rings. The number of H-pyrrole nitrogens is 1. The molecule has 5 heterocycles. The van der Waals surface area contributed by atoms with E-state index in [-0.39, 0.29) is 81.3 Å². The molecule has 4 amide bonds. The van der Waals surface area contributed by atoms with E-state index in [1.807, 2.05) is 0 Å². The summed E-state index contributed by atoms with van der Waals surface area (Å²) in [6.07, 6.45) is -4.54. The molecule has 3 saturated heterocycles. The number of benzene rings is 3. The van der Waals surface area contributed by atoms with Crippen LogP contribution in [0.5, 0.6) is 0 Å². The normalized spacial score (nSPS) is 20.4. The fraction of sp³-hybridized carbons (Fsp3) is 0.324. The molecule has 0 radical (unpaired) electrons. The molecule has 4 aliphatic heterocycles. The summed E-state index contributed by atoms with van der Waals surface area (Å²) in [5.74, 6) is -2.21. The number of aromatic amines is 1. The van der Waals surface area contributed by atoms with Gasteiger partial charge in [0.1, 0.15) is 17.4 Å². The largest absolute Gasteiger partial charge is 0.416 e. The lowest BCUT2D eigenvalue weighted by molar-refractivity contribution is -0.138. The van der Waals surface area contributed by atoms with Crippen LogP contribution in [0, 0.1) is 0 Å². The van der Waals surface area contributed by atoms with Crippen LogP contribution in [0.2, 0.25) is 10.0 Å². The van der Waals surface area contributed by atoms with E-state index in [0.29, 0.717) is 26.2 Å². The summed E-state index contributed by atoms with van der Waals surface area (Å²) in [6, 6.07) is 9.86. The monoisotopic (exact) mass is 804 g/mol. The summed E-state index contributed by atoms with van der Waals surface area (Å²) in [5.41, 5.74) is 0.570. The van der Waals surface area contributed by atoms with Crippen LogP contribution >= 0.6 is 23.2 Å². The maximum atomic E-state index is 13.5. The summed E-state index contributed by atoms with van der Waals surface area (Å²) in [7, 11) is -4.06. The molecule has 3 aromatic carbocycles. The van der Waals surface area contributed by atoms with Crippen molar-refractivity contribution < 1.29 is 40.8 Å². The molecule has 54 heavy (non-hydrogen) atoms. The second kappa shape index (κ2) is 13.2. The summed E-state index contributed by atoms with van der Waals surface area (Å²) >= 11 is 12.3. The van der Waals surface area contributed by atoms with Gasteiger partial charge in [0, 0.05) is 68.0 Å². The topological polar surface area (TPSA) is 168 Å². The van der Waals surface area contributed by atoms with Crippen molar-refractivity contribution in [3.8, 4) is 11.4 Å². The van der Waals surface area contributed by atoms with E-state index in [2.05, 4.69) is 29.8 Å². The number of amides is 4. The number of carbonyl (C=O) groups excluding carboxylic acids is 4. The fourth-order valence-corrected chi connectivity index (χ4v) is 8.97. The Morgan fingerprint density at radius 1 is 0.870 bits per heavy atom. The van der Waals surface area contributed by atoms with Gasteiger partial charge in [0.2, 0.25) is 11.8 Å². The van der Waals surface area contributed by atoms with Gasteiger partial charge in [-0.15, -0.1) is 0 Å². The highest BCUT2D eigenvalue weighted by molar-refractivity contribution is 7.90. The van der Waals surface area contributed by atoms with Gasteiger partial charge in [-0.3, -0.25) is 39.0 Å². The van der Waals surface area contributed by atoms with Crippen LogP contribution in [-0.2, 0) is 26.0 Å². The maximum Gasteiger partial charge on any atom is 0.416 e. The number of fused-ring (bicyclic) bond motifs is 2. The van der Waals surface area contributed by atoms with Gasteiger partial charge in [-0.1, -0.05) is 23.2 Å². The van der Waals surface area contributed by atoms with Gasteiger partial charge in [0.05, 0.1) is 32.9 Å². The molecule has 282 valence electrons. The summed E-state index contributed by atoms with van der Waals surface area (Å²) < 4.78 is 71.0. The van der Waals surface area contributed by atoms with E-state index in [1.54, 1.807) is 18.2 Å². The van der Waals surface area contributed by atoms with E-state index >= 15 is 0 Å². The fourth-order valence-electron chi connectivity index (χ4n) is 7.22. The summed E-state index contributed by atoms with van der Waals surface area (Å²) in [5, 5.41) is 2.20. The van der Waals surface area contributed by atoms with Gasteiger partial charge in [-0.2, -0.15) is 25.9 Å². The van der Waals surface area contributed by atoms with Crippen LogP contribution in [0.1, 0.15) is 39.1 Å². The zero-order chi connectivity index (χ0) is 38.3. The zero-order valence-electron chi connectivity index (χ0n) is 27.9. The van der Waals surface area contributed by atoms with Gasteiger partial charge >= 0.3 is 16.4 Å². The minimum absolute atomic E-state index is 0.0143. The predicted molar refractivity (Wildman–Crippen MR) is 191 cm³/mol. The van der Waals surface area contributed by atoms with E-state index in [1.165, 1.54) is 22.5 Å². The Labute approximate surface area is 315 Å². The molecule has 3 N–H and O–H groups in total. The van der Waals surface area contributed by atoms with Crippen molar-refractivity contribution in [2.45, 2.75) is 31.1 Å². The smallest absolute Gasteiger partial charge is 0.369 e. The lowest BCUT2D eigenvalue weighted by Crippen LogP contribution is -2.64. The number of anilines is 2. The Bertz CT molecular complexity index is 2380. The van der Waals surface area contributed by atoms with Gasteiger partial charge in [-0.25, -0.2) is 4.98 Å². The molecule has 4 aliphatic rings. The van der Waals surface area contributed by atoms with Crippen molar-refractivity contribution in [3.63, 3.8) is 0 Å². The van der Waals surface area contributed by atoms with Crippen molar-refractivity contribution in [2.75, 3.05) is 48.9 Å². The molecule has 1 aromatic heterocycles. The molecule has 3 fully saturated rings. The van der Waals surface area contributed by atoms with Crippen LogP contribution in [-0.4, -0.2) is 107 Å². The third-order valence-corrected chi connectivity index (χ3v) is 12.1. The first-order valence-electron chi connectivity index (χ1n) is 16.8. The number of imidazole rings is 1. The number of piperazine rings is 1. The Morgan fingerprint density at radius 2 is 1.59 bits per heavy atom. The number of nitrogens with one attached hydrogen (secondary N) is 3. The third kappa shape index (κ3) is 6.44. The van der Waals surface area contributed by atoms with E-state index in [0.717, 1.165) is 22.7 Å². The number of carbonyl (C=O) groups is 4. The highest BCUT2D eigenvalue weighted by Crippen LogP contribution is 2.38. The Hall–Kier alpha value is -4.75. The van der Waals surface area contributed by atoms with Crippen LogP contribution in [0.3, 0.4) is 0 Å². The average molecular weight is 806 g/mol. The number of piperidine rings is 1. The molecule has 1 atom stereocenters. The first-order valence-corrected chi connectivity index (χ1v) is 19.0. The van der Waals surface area contributed by atoms with Crippen molar-refractivity contribution in [1.29, 1.82) is 0 Å². The highest BCUT2D eigenvalue weighted by atomic mass is 35.5. The number of hydrogen-bond acceptors (Lipinski definition) is 9. The molecule has 20 heteroatoms. The third-order valence-electron chi connectivity index (χ3n) is 10.1. The molecular formula is C34H29Cl2F3N8O6S. The van der Waals surface area contributed by atoms with Crippen molar-refractivity contribution in [3.05, 3.63) is 75.3 Å². The number of rotatable bonds is 7. The molecule has 1 unspecified atom stereocenters. The minimum Gasteiger partial charge on any atom is -0.369 e. The minimum atomic E-state index is -4.64. The second-order valence-electron chi connectivity index (χ2n) is 13.4. The number of aromatic nitrogens is 2. The summed E-state index contributed by atoms with van der Waals surface area (Å²) in [6.45, 7) is 2.77. The number of imide groups is 2. The first-order chi connectivity index (χ1) is 25.6. The van der Waals surface area contributed by atoms with Crippen LogP contribution in [0.25, 0.3) is 22.4 Å². The SMILES string of the molecule is O=C1CCC(N2C(=O)c3ccc(N4CCN(C5CN(S(=O)(=O)Nc6ccc(Cl)cc6-c6nc7c(Cl)cc(C(F)(F)F)cc7[nH]6)C5)CC4)cc3C2=O)C(=O)N1. The van der Waals surface area contributed by atoms with Crippen LogP contribution in [0.4, 0.5) is 24.5 Å². The number of hydrogen-bond donors (Lipinski definition) is 3. The molecule has 0 spiro atoms. The molecule has 0 bridgehead atoms. The van der Waals surface area contributed by atoms with Crippen molar-refractivity contribution in [1.82, 2.24) is 29.4 Å². The van der Waals surface area contributed by atoms with Crippen LogP contribution < -0.4 is 14.9 Å². The Morgan fingerprint density at radius 3 is 2.30 bits per heavy atom. The van der Waals surface area contributed by atoms with Gasteiger partial charge in [0.15, 0.2) is 0 Å². The summed E-state index contributed by atoms with van der Waals surface area (Å²) in [4.78, 5) is 62.7. The van der Waals surface area contributed by atoms with E-state index in [4.69, 9.17) is 23.2 Å². The predicted octanol–water partition coefficient (Wildman–Crippen LogP) is 4.12. The number of alkyl halides is 3. The van der Waals surface area contributed by atoms with Gasteiger partial charge in [0.25, 0.3) is 11.8 Å². The van der Waals surface area contributed by atoms with Gasteiger partial charge < -0.3 is 9.88 Å². The van der Waals surface area contributed by atoms with Crippen LogP contribution in [0.15, 0.2) is 48.5 Å². The molecule has 14 nitrogen and oxygen atoms in total. The highest BCUT2D eigenvalue weighted by Gasteiger charge is 2.45. The standard InChI is InChI=1S/C34H29Cl2F3N8O6S/c35-18-1-4-25(23(13-18)30-40-26-12-17(34(37,38)39)11-24(36)29(26)42-30)43-54(52,53)46-15-20(16-46)45-9-7-44(8-10-45)19-2-3-21-22(14-19)33(51)47(32(21)50)27-5-6-28(48)41-31(27)49/h1-4,11-14,20,27,43H,5-10,15-16H2,(H,40,42)(H,41,48,49). The van der Waals surface area contributed by atoms with Crippen molar-refractivity contribution in [2.24, 2.45) is 0 Å². The molecule has 0 saturated carbocycles. The zero-order valence-corrected chi connectivity index (χ0v) is 30.2. The first kappa shape index (κ1) is 36.2. The average Bonchev–Trinajstić information content (AvgIpc) is 3.63. The van der Waals surface area contributed by atoms with E-state index in [9.17, 15) is 40.8 Å². The lowest BCUT2D eigenvalue weighted by Gasteiger charge is -2.47. The lowest BCUT2D eigenvalue weighted by atomic mass is 10.0. The molecule has 0 aliphatic carbocycles. The Balaban J connectivity index is 0.900. The molecule has 8 rings (SSSR count). The quantitative estimate of drug-likeness (QED) is 0.233. The second-order valence-corrected chi connectivity index (χ2v) is 15.9. The number of halogens is 5. The van der Waals surface area contributed by atoms with E-state index < -0.39 is 51.6 Å². The van der Waals surface area contributed by atoms with Crippen molar-refractivity contribution >= 4 is 79.4 Å². The molecular weight excluding hydrogens is 776 g/mol. The number of nitrogens with zero attached hydrogens (tertiary/aromatic N) is 5. The van der Waals surface area contributed by atoms with Gasteiger partial charge in [-0.05, 0) is 55.0 Å². The Kier molecular flexibility index (Phi) is 8.88.